The Hall–Kier alpha value is -2.93. The van der Waals surface area contributed by atoms with Gasteiger partial charge >= 0.3 is 0 Å². The molecule has 0 unspecified atom stereocenters. The van der Waals surface area contributed by atoms with Crippen molar-refractivity contribution in [1.82, 2.24) is 19.7 Å². The van der Waals surface area contributed by atoms with Crippen molar-refractivity contribution in [3.8, 4) is 16.9 Å². The molecule has 5 rings (SSSR count). The quantitative estimate of drug-likeness (QED) is 0.573. The Bertz CT molecular complexity index is 1090. The highest BCUT2D eigenvalue weighted by Gasteiger charge is 2.24. The first-order valence-corrected chi connectivity index (χ1v) is 9.56. The van der Waals surface area contributed by atoms with E-state index in [0.29, 0.717) is 23.5 Å². The second-order valence-corrected chi connectivity index (χ2v) is 7.44. The van der Waals surface area contributed by atoms with Crippen molar-refractivity contribution in [3.05, 3.63) is 46.7 Å². The smallest absolute Gasteiger partial charge is 0.225 e. The van der Waals surface area contributed by atoms with E-state index in [1.807, 2.05) is 17.5 Å². The van der Waals surface area contributed by atoms with Crippen molar-refractivity contribution in [2.45, 2.75) is 25.8 Å². The van der Waals surface area contributed by atoms with Crippen LogP contribution in [-0.2, 0) is 0 Å². The van der Waals surface area contributed by atoms with E-state index in [2.05, 4.69) is 45.9 Å². The minimum atomic E-state index is 0.471. The highest BCUT2D eigenvalue weighted by atomic mass is 32.1. The molecule has 3 aromatic heterocycles. The topological polar surface area (TPSA) is 81.7 Å². The maximum atomic E-state index is 6.50. The number of nitrogens with zero attached hydrogens (tertiary/aromatic N) is 4. The van der Waals surface area contributed by atoms with Gasteiger partial charge in [-0.3, -0.25) is 0 Å². The van der Waals surface area contributed by atoms with E-state index in [4.69, 9.17) is 10.7 Å². The van der Waals surface area contributed by atoms with Gasteiger partial charge in [-0.2, -0.15) is 16.3 Å². The fraction of sp³-hybridized carbons (Fsp3) is 0.211. The summed E-state index contributed by atoms with van der Waals surface area (Å²) in [5.41, 5.74) is 11.1. The molecule has 0 saturated heterocycles. The van der Waals surface area contributed by atoms with Crippen molar-refractivity contribution < 1.29 is 0 Å². The molecule has 0 amide bonds. The van der Waals surface area contributed by atoms with E-state index in [9.17, 15) is 0 Å². The third kappa shape index (κ3) is 2.61. The molecule has 4 aromatic rings. The number of nitrogens with one attached hydrogen (secondary N) is 1. The summed E-state index contributed by atoms with van der Waals surface area (Å²) in [5.74, 6) is 1.18. The number of anilines is 2. The maximum Gasteiger partial charge on any atom is 0.225 e. The fourth-order valence-corrected chi connectivity index (χ4v) is 3.69. The van der Waals surface area contributed by atoms with Crippen LogP contribution in [0.4, 0.5) is 11.8 Å². The van der Waals surface area contributed by atoms with Crippen LogP contribution in [0.15, 0.2) is 41.1 Å². The summed E-state index contributed by atoms with van der Waals surface area (Å²) in [6.45, 7) is 2.05. The van der Waals surface area contributed by atoms with Gasteiger partial charge in [0.2, 0.25) is 5.95 Å². The molecule has 130 valence electrons. The lowest BCUT2D eigenvalue weighted by Crippen LogP contribution is -2.06. The van der Waals surface area contributed by atoms with E-state index in [-0.39, 0.29) is 0 Å². The minimum Gasteiger partial charge on any atom is -0.383 e. The molecule has 3 N–H and O–H groups in total. The summed E-state index contributed by atoms with van der Waals surface area (Å²) in [7, 11) is 0. The van der Waals surface area contributed by atoms with Crippen LogP contribution < -0.4 is 11.1 Å². The normalized spacial score (nSPS) is 14.0. The predicted molar refractivity (Wildman–Crippen MR) is 106 cm³/mol. The Balaban J connectivity index is 1.75. The molecule has 0 aliphatic heterocycles. The Kier molecular flexibility index (Phi) is 3.43. The lowest BCUT2D eigenvalue weighted by atomic mass is 10.1. The Morgan fingerprint density at radius 2 is 2.12 bits per heavy atom. The number of thiophene rings is 1. The van der Waals surface area contributed by atoms with E-state index in [0.717, 1.165) is 40.7 Å². The molecule has 1 fully saturated rings. The molecule has 1 saturated carbocycles. The van der Waals surface area contributed by atoms with E-state index < -0.39 is 0 Å². The molecule has 0 bridgehead atoms. The number of fused-ring (bicyclic) bond motifs is 1. The van der Waals surface area contributed by atoms with Gasteiger partial charge in [0.15, 0.2) is 5.65 Å². The number of aromatic nitrogens is 4. The second-order valence-electron chi connectivity index (χ2n) is 6.66. The Labute approximate surface area is 154 Å². The SMILES string of the molecule is Cc1cccc(-n2nc3nc(NC4CC4)nc(-c4ccsc4)c3c2N)c1. The minimum absolute atomic E-state index is 0.471. The first-order valence-electron chi connectivity index (χ1n) is 8.61. The molecule has 6 nitrogen and oxygen atoms in total. The third-order valence-electron chi connectivity index (χ3n) is 4.52. The molecule has 0 spiro atoms. The van der Waals surface area contributed by atoms with E-state index >= 15 is 0 Å². The van der Waals surface area contributed by atoms with Crippen LogP contribution in [0.1, 0.15) is 18.4 Å². The second kappa shape index (κ2) is 5.81. The lowest BCUT2D eigenvalue weighted by molar-refractivity contribution is 0.897. The van der Waals surface area contributed by atoms with E-state index in [1.54, 1.807) is 16.0 Å². The molecule has 1 aliphatic rings. The molecule has 1 aliphatic carbocycles. The van der Waals surface area contributed by atoms with E-state index in [1.165, 1.54) is 0 Å². The van der Waals surface area contributed by atoms with Crippen LogP contribution in [-0.4, -0.2) is 25.8 Å². The summed E-state index contributed by atoms with van der Waals surface area (Å²) in [6.07, 6.45) is 2.32. The van der Waals surface area contributed by atoms with Crippen LogP contribution in [0.25, 0.3) is 28.0 Å². The molecular weight excluding hydrogens is 344 g/mol. The Morgan fingerprint density at radius 1 is 1.23 bits per heavy atom. The summed E-state index contributed by atoms with van der Waals surface area (Å²) in [6, 6.07) is 10.6. The Morgan fingerprint density at radius 3 is 2.85 bits per heavy atom. The van der Waals surface area contributed by atoms with Gasteiger partial charge in [-0.1, -0.05) is 12.1 Å². The van der Waals surface area contributed by atoms with Crippen molar-refractivity contribution in [3.63, 3.8) is 0 Å². The first-order chi connectivity index (χ1) is 12.7. The molecule has 26 heavy (non-hydrogen) atoms. The molecule has 0 atom stereocenters. The summed E-state index contributed by atoms with van der Waals surface area (Å²) < 4.78 is 1.75. The molecule has 1 aromatic carbocycles. The summed E-state index contributed by atoms with van der Waals surface area (Å²) in [5, 5.41) is 13.0. The van der Waals surface area contributed by atoms with Gasteiger partial charge in [0, 0.05) is 17.0 Å². The zero-order valence-electron chi connectivity index (χ0n) is 14.3. The molecule has 7 heteroatoms. The zero-order valence-corrected chi connectivity index (χ0v) is 15.1. The van der Waals surface area contributed by atoms with Gasteiger partial charge in [-0.15, -0.1) is 5.10 Å². The van der Waals surface area contributed by atoms with Crippen molar-refractivity contribution in [2.24, 2.45) is 0 Å². The van der Waals surface area contributed by atoms with Crippen LogP contribution in [0.2, 0.25) is 0 Å². The first kappa shape index (κ1) is 15.3. The van der Waals surface area contributed by atoms with Crippen molar-refractivity contribution in [2.75, 3.05) is 11.1 Å². The summed E-state index contributed by atoms with van der Waals surface area (Å²) in [4.78, 5) is 9.38. The highest BCUT2D eigenvalue weighted by Crippen LogP contribution is 2.34. The van der Waals surface area contributed by atoms with Crippen LogP contribution in [0.5, 0.6) is 0 Å². The third-order valence-corrected chi connectivity index (χ3v) is 5.20. The number of nitrogen functional groups attached to an aromatic ring is 1. The number of nitrogens with two attached hydrogens (primary N) is 1. The molecular formula is C19H18N6S. The van der Waals surface area contributed by atoms with Gasteiger partial charge < -0.3 is 11.1 Å². The number of aryl methyl sites for hydroxylation is 1. The largest absolute Gasteiger partial charge is 0.383 e. The van der Waals surface area contributed by atoms with Gasteiger partial charge in [-0.05, 0) is 48.9 Å². The van der Waals surface area contributed by atoms with Crippen LogP contribution in [0.3, 0.4) is 0 Å². The van der Waals surface area contributed by atoms with Crippen molar-refractivity contribution >= 4 is 34.1 Å². The number of hydrogen-bond donors (Lipinski definition) is 2. The average Bonchev–Trinajstić information content (AvgIpc) is 3.16. The van der Waals surface area contributed by atoms with Gasteiger partial charge in [-0.25, -0.2) is 9.67 Å². The number of hydrogen-bond acceptors (Lipinski definition) is 6. The average molecular weight is 362 g/mol. The lowest BCUT2D eigenvalue weighted by Gasteiger charge is -2.06. The predicted octanol–water partition coefficient (Wildman–Crippen LogP) is 4.01. The maximum absolute atomic E-state index is 6.50. The standard InChI is InChI=1S/C19H18N6S/c1-11-3-2-4-14(9-11)25-17(20)15-16(12-7-8-26-10-12)22-19(21-13-5-6-13)23-18(15)24-25/h2-4,7-10,13H,5-6,20H2,1H3,(H,21,23,24). The van der Waals surface area contributed by atoms with Crippen LogP contribution >= 0.6 is 11.3 Å². The zero-order chi connectivity index (χ0) is 17.7. The highest BCUT2D eigenvalue weighted by molar-refractivity contribution is 7.08. The van der Waals surface area contributed by atoms with Gasteiger partial charge in [0.25, 0.3) is 0 Å². The van der Waals surface area contributed by atoms with Gasteiger partial charge in [0.05, 0.1) is 16.8 Å². The molecule has 0 radical (unpaired) electrons. The van der Waals surface area contributed by atoms with Gasteiger partial charge in [0.1, 0.15) is 5.82 Å². The van der Waals surface area contributed by atoms with Crippen molar-refractivity contribution in [1.29, 1.82) is 0 Å². The number of rotatable bonds is 4. The number of benzene rings is 1. The molecule has 3 heterocycles. The summed E-state index contributed by atoms with van der Waals surface area (Å²) >= 11 is 1.64. The van der Waals surface area contributed by atoms with Crippen LogP contribution in [0, 0.1) is 6.92 Å². The monoisotopic (exact) mass is 362 g/mol. The fourth-order valence-electron chi connectivity index (χ4n) is 3.05.